The number of halogens is 1. The first-order valence-electron chi connectivity index (χ1n) is 9.09. The molecule has 3 aromatic rings. The Kier molecular flexibility index (Phi) is 4.98. The van der Waals surface area contributed by atoms with E-state index in [-0.39, 0.29) is 22.8 Å². The Morgan fingerprint density at radius 2 is 2.11 bits per heavy atom. The van der Waals surface area contributed by atoms with Crippen LogP contribution in [0, 0.1) is 0 Å². The number of likely N-dealkylation sites (tertiary alicyclic amines) is 1. The highest BCUT2D eigenvalue weighted by molar-refractivity contribution is 6.29. The quantitative estimate of drug-likeness (QED) is 0.671. The summed E-state index contributed by atoms with van der Waals surface area (Å²) in [5, 5.41) is 13.3. The fourth-order valence-corrected chi connectivity index (χ4v) is 3.72. The fraction of sp³-hybridized carbons (Fsp3) is 0.444. The Balaban J connectivity index is 1.43. The van der Waals surface area contributed by atoms with Crippen molar-refractivity contribution >= 4 is 17.5 Å². The number of carbonyl (C=O) groups is 1. The van der Waals surface area contributed by atoms with Gasteiger partial charge < -0.3 is 13.9 Å². The van der Waals surface area contributed by atoms with Crippen molar-refractivity contribution in [3.63, 3.8) is 0 Å². The molecule has 9 heteroatoms. The van der Waals surface area contributed by atoms with E-state index in [0.717, 1.165) is 31.0 Å². The normalized spacial score (nSPS) is 15.4. The molecule has 4 heterocycles. The third-order valence-corrected chi connectivity index (χ3v) is 5.17. The van der Waals surface area contributed by atoms with E-state index in [1.54, 1.807) is 18.3 Å². The van der Waals surface area contributed by atoms with Gasteiger partial charge in [0, 0.05) is 37.9 Å². The van der Waals surface area contributed by atoms with Crippen molar-refractivity contribution in [1.82, 2.24) is 29.4 Å². The highest BCUT2D eigenvalue weighted by atomic mass is 35.5. The zero-order valence-corrected chi connectivity index (χ0v) is 15.8. The lowest BCUT2D eigenvalue weighted by Crippen LogP contribution is -2.38. The Labute approximate surface area is 161 Å². The number of aromatic nitrogens is 5. The van der Waals surface area contributed by atoms with E-state index >= 15 is 0 Å². The number of hydrogen-bond acceptors (Lipinski definition) is 5. The van der Waals surface area contributed by atoms with Crippen molar-refractivity contribution in [3.8, 4) is 0 Å². The van der Waals surface area contributed by atoms with Gasteiger partial charge in [0.25, 0.3) is 5.91 Å². The van der Waals surface area contributed by atoms with E-state index in [0.29, 0.717) is 19.6 Å². The molecule has 0 atom stereocenters. The van der Waals surface area contributed by atoms with Crippen LogP contribution in [0.4, 0.5) is 0 Å². The van der Waals surface area contributed by atoms with E-state index < -0.39 is 0 Å². The second-order valence-corrected chi connectivity index (χ2v) is 6.97. The van der Waals surface area contributed by atoms with Crippen molar-refractivity contribution in [2.75, 3.05) is 13.1 Å². The number of amides is 1. The number of piperidine rings is 1. The Morgan fingerprint density at radius 1 is 1.30 bits per heavy atom. The summed E-state index contributed by atoms with van der Waals surface area (Å²) in [4.78, 5) is 14.3. The Morgan fingerprint density at radius 3 is 2.74 bits per heavy atom. The van der Waals surface area contributed by atoms with Crippen LogP contribution in [0.1, 0.15) is 47.9 Å². The molecular formula is C18H21ClN6O2. The minimum atomic E-state index is -0.114. The summed E-state index contributed by atoms with van der Waals surface area (Å²) in [6.45, 7) is 4.83. The van der Waals surface area contributed by atoms with Gasteiger partial charge in [0.2, 0.25) is 0 Å². The largest absolute Gasteiger partial charge is 0.440 e. The minimum Gasteiger partial charge on any atom is -0.440 e. The lowest BCUT2D eigenvalue weighted by molar-refractivity contribution is 0.0678. The van der Waals surface area contributed by atoms with E-state index in [4.69, 9.17) is 16.0 Å². The molecule has 1 aliphatic heterocycles. The first-order chi connectivity index (χ1) is 13.2. The highest BCUT2D eigenvalue weighted by Crippen LogP contribution is 2.28. The predicted octanol–water partition coefficient (Wildman–Crippen LogP) is 2.81. The molecule has 1 aliphatic rings. The topological polar surface area (TPSA) is 82.0 Å². The standard InChI is InChI=1S/C18H21ClN6O2/c1-2-25-16(12-24-9-3-8-20-24)21-22-17(25)13-6-10-23(11-7-13)18(26)14-4-5-15(19)27-14/h3-5,8-9,13H,2,6-7,10-12H2,1H3. The van der Waals surface area contributed by atoms with E-state index in [1.807, 2.05) is 21.8 Å². The summed E-state index contributed by atoms with van der Waals surface area (Å²) < 4.78 is 9.25. The lowest BCUT2D eigenvalue weighted by Gasteiger charge is -2.31. The zero-order valence-electron chi connectivity index (χ0n) is 15.1. The molecule has 0 aliphatic carbocycles. The van der Waals surface area contributed by atoms with Crippen LogP contribution < -0.4 is 0 Å². The van der Waals surface area contributed by atoms with E-state index in [2.05, 4.69) is 26.8 Å². The molecule has 8 nitrogen and oxygen atoms in total. The van der Waals surface area contributed by atoms with Crippen LogP contribution in [0.2, 0.25) is 5.22 Å². The third-order valence-electron chi connectivity index (χ3n) is 4.97. The molecule has 0 aromatic carbocycles. The fourth-order valence-electron chi connectivity index (χ4n) is 3.58. The monoisotopic (exact) mass is 388 g/mol. The molecule has 0 radical (unpaired) electrons. The number of rotatable bonds is 5. The maximum absolute atomic E-state index is 12.5. The van der Waals surface area contributed by atoms with E-state index in [9.17, 15) is 4.79 Å². The Bertz CT molecular complexity index is 908. The first kappa shape index (κ1) is 17.8. The zero-order chi connectivity index (χ0) is 18.8. The maximum atomic E-state index is 12.5. The van der Waals surface area contributed by atoms with Gasteiger partial charge in [0.1, 0.15) is 12.4 Å². The lowest BCUT2D eigenvalue weighted by atomic mass is 9.95. The number of furan rings is 1. The molecule has 0 spiro atoms. The summed E-state index contributed by atoms with van der Waals surface area (Å²) in [5.41, 5.74) is 0. The molecule has 1 saturated heterocycles. The molecular weight excluding hydrogens is 368 g/mol. The molecule has 4 rings (SSSR count). The molecule has 27 heavy (non-hydrogen) atoms. The highest BCUT2D eigenvalue weighted by Gasteiger charge is 2.29. The van der Waals surface area contributed by atoms with E-state index in [1.165, 1.54) is 0 Å². The molecule has 142 valence electrons. The predicted molar refractivity (Wildman–Crippen MR) is 98.6 cm³/mol. The van der Waals surface area contributed by atoms with Gasteiger partial charge in [0.05, 0.1) is 0 Å². The van der Waals surface area contributed by atoms with Crippen molar-refractivity contribution in [2.45, 2.75) is 38.8 Å². The van der Waals surface area contributed by atoms with Gasteiger partial charge in [-0.05, 0) is 49.6 Å². The van der Waals surface area contributed by atoms with Gasteiger partial charge in [0.15, 0.2) is 16.8 Å². The summed E-state index contributed by atoms with van der Waals surface area (Å²) in [6, 6.07) is 5.10. The summed E-state index contributed by atoms with van der Waals surface area (Å²) in [6.07, 6.45) is 5.37. The van der Waals surface area contributed by atoms with Crippen molar-refractivity contribution in [2.24, 2.45) is 0 Å². The Hall–Kier alpha value is -2.61. The maximum Gasteiger partial charge on any atom is 0.289 e. The summed E-state index contributed by atoms with van der Waals surface area (Å²) in [7, 11) is 0. The van der Waals surface area contributed by atoms with Crippen LogP contribution in [0.15, 0.2) is 35.0 Å². The SMILES string of the molecule is CCn1c(Cn2cccn2)nnc1C1CCN(C(=O)c2ccc(Cl)o2)CC1. The van der Waals surface area contributed by atoms with Crippen LogP contribution in [0.25, 0.3) is 0 Å². The van der Waals surface area contributed by atoms with Gasteiger partial charge >= 0.3 is 0 Å². The second kappa shape index (κ2) is 7.56. The molecule has 1 amide bonds. The second-order valence-electron chi connectivity index (χ2n) is 6.59. The van der Waals surface area contributed by atoms with Crippen LogP contribution in [-0.4, -0.2) is 48.4 Å². The third kappa shape index (κ3) is 3.62. The van der Waals surface area contributed by atoms with Crippen LogP contribution in [-0.2, 0) is 13.1 Å². The van der Waals surface area contributed by atoms with Crippen molar-refractivity contribution in [1.29, 1.82) is 0 Å². The molecule has 1 fully saturated rings. The number of carbonyl (C=O) groups excluding carboxylic acids is 1. The van der Waals surface area contributed by atoms with Crippen molar-refractivity contribution in [3.05, 3.63) is 53.2 Å². The molecule has 0 N–H and O–H groups in total. The van der Waals surface area contributed by atoms with Gasteiger partial charge in [-0.1, -0.05) is 0 Å². The van der Waals surface area contributed by atoms with Gasteiger partial charge in [-0.15, -0.1) is 10.2 Å². The summed E-state index contributed by atoms with van der Waals surface area (Å²) in [5.74, 6) is 2.36. The van der Waals surface area contributed by atoms with Gasteiger partial charge in [-0.3, -0.25) is 9.48 Å². The van der Waals surface area contributed by atoms with Crippen LogP contribution in [0.5, 0.6) is 0 Å². The molecule has 0 unspecified atom stereocenters. The molecule has 3 aromatic heterocycles. The van der Waals surface area contributed by atoms with Gasteiger partial charge in [-0.2, -0.15) is 5.10 Å². The van der Waals surface area contributed by atoms with Crippen molar-refractivity contribution < 1.29 is 9.21 Å². The van der Waals surface area contributed by atoms with Crippen LogP contribution >= 0.6 is 11.6 Å². The average molecular weight is 389 g/mol. The average Bonchev–Trinajstić information content (AvgIpc) is 3.43. The molecule has 0 saturated carbocycles. The molecule has 0 bridgehead atoms. The minimum absolute atomic E-state index is 0.114. The smallest absolute Gasteiger partial charge is 0.289 e. The first-order valence-corrected chi connectivity index (χ1v) is 9.47. The number of nitrogens with zero attached hydrogens (tertiary/aromatic N) is 6. The van der Waals surface area contributed by atoms with Gasteiger partial charge in [-0.25, -0.2) is 0 Å². The summed E-state index contributed by atoms with van der Waals surface area (Å²) >= 11 is 5.77. The number of hydrogen-bond donors (Lipinski definition) is 0. The van der Waals surface area contributed by atoms with Crippen LogP contribution in [0.3, 0.4) is 0 Å².